The highest BCUT2D eigenvalue weighted by Gasteiger charge is 2.21. The van der Waals surface area contributed by atoms with Gasteiger partial charge in [0, 0.05) is 30.2 Å². The molecule has 0 radical (unpaired) electrons. The molecule has 17 heavy (non-hydrogen) atoms. The van der Waals surface area contributed by atoms with E-state index in [2.05, 4.69) is 14.9 Å². The van der Waals surface area contributed by atoms with Gasteiger partial charge in [0.1, 0.15) is 6.29 Å². The van der Waals surface area contributed by atoms with Crippen LogP contribution in [0.5, 0.6) is 0 Å². The predicted molar refractivity (Wildman–Crippen MR) is 64.6 cm³/mol. The first-order valence-electron chi connectivity index (χ1n) is 5.50. The number of carbonyl (C=O) groups is 1. The van der Waals surface area contributed by atoms with E-state index >= 15 is 0 Å². The Hall–Kier alpha value is -2.23. The summed E-state index contributed by atoms with van der Waals surface area (Å²) < 4.78 is 0. The van der Waals surface area contributed by atoms with Gasteiger partial charge in [-0.25, -0.2) is 4.98 Å². The highest BCUT2D eigenvalue weighted by Crippen LogP contribution is 2.33. The van der Waals surface area contributed by atoms with E-state index < -0.39 is 0 Å². The molecule has 4 nitrogen and oxygen atoms in total. The molecular formula is C13H11N3O. The van der Waals surface area contributed by atoms with E-state index in [1.54, 1.807) is 18.6 Å². The van der Waals surface area contributed by atoms with Crippen LogP contribution in [-0.2, 0) is 6.42 Å². The molecule has 0 unspecified atom stereocenters. The van der Waals surface area contributed by atoms with Gasteiger partial charge in [-0.05, 0) is 30.2 Å². The van der Waals surface area contributed by atoms with E-state index in [0.717, 1.165) is 36.3 Å². The SMILES string of the molecule is O=Cc1ccc2c(c1)CCN2c1cnccn1. The summed E-state index contributed by atoms with van der Waals surface area (Å²) >= 11 is 0. The summed E-state index contributed by atoms with van der Waals surface area (Å²) in [4.78, 5) is 21.2. The van der Waals surface area contributed by atoms with Crippen molar-refractivity contribution in [2.24, 2.45) is 0 Å². The maximum Gasteiger partial charge on any atom is 0.151 e. The number of aldehydes is 1. The Labute approximate surface area is 98.9 Å². The average molecular weight is 225 g/mol. The summed E-state index contributed by atoms with van der Waals surface area (Å²) in [6.07, 6.45) is 6.92. The second kappa shape index (κ2) is 3.97. The number of nitrogens with zero attached hydrogens (tertiary/aromatic N) is 3. The van der Waals surface area contributed by atoms with Gasteiger partial charge < -0.3 is 4.90 Å². The second-order valence-electron chi connectivity index (χ2n) is 3.97. The third-order valence-electron chi connectivity index (χ3n) is 2.96. The van der Waals surface area contributed by atoms with Crippen LogP contribution in [0.1, 0.15) is 15.9 Å². The Morgan fingerprint density at radius 2 is 2.24 bits per heavy atom. The first-order valence-corrected chi connectivity index (χ1v) is 5.50. The average Bonchev–Trinajstić information content (AvgIpc) is 2.82. The first-order chi connectivity index (χ1) is 8.38. The minimum Gasteiger partial charge on any atom is -0.325 e. The molecule has 2 heterocycles. The normalized spacial score (nSPS) is 13.5. The van der Waals surface area contributed by atoms with Gasteiger partial charge in [0.05, 0.1) is 6.20 Å². The zero-order valence-electron chi connectivity index (χ0n) is 9.21. The molecular weight excluding hydrogens is 214 g/mol. The third kappa shape index (κ3) is 1.67. The molecule has 0 atom stereocenters. The Kier molecular flexibility index (Phi) is 2.33. The lowest BCUT2D eigenvalue weighted by molar-refractivity contribution is 0.112. The number of benzene rings is 1. The van der Waals surface area contributed by atoms with Crippen LogP contribution in [0.15, 0.2) is 36.8 Å². The minimum absolute atomic E-state index is 0.727. The molecule has 1 aliphatic heterocycles. The fourth-order valence-corrected chi connectivity index (χ4v) is 2.16. The number of hydrogen-bond acceptors (Lipinski definition) is 4. The fourth-order valence-electron chi connectivity index (χ4n) is 2.16. The molecule has 0 saturated heterocycles. The lowest BCUT2D eigenvalue weighted by atomic mass is 10.1. The van der Waals surface area contributed by atoms with Crippen LogP contribution < -0.4 is 4.90 Å². The number of hydrogen-bond donors (Lipinski definition) is 0. The van der Waals surface area contributed by atoms with Crippen molar-refractivity contribution in [2.75, 3.05) is 11.4 Å². The molecule has 3 rings (SSSR count). The molecule has 2 aromatic rings. The van der Waals surface area contributed by atoms with Crippen molar-refractivity contribution in [3.63, 3.8) is 0 Å². The molecule has 0 bridgehead atoms. The van der Waals surface area contributed by atoms with Gasteiger partial charge in [-0.1, -0.05) is 0 Å². The van der Waals surface area contributed by atoms with Crippen LogP contribution >= 0.6 is 0 Å². The van der Waals surface area contributed by atoms with Crippen molar-refractivity contribution < 1.29 is 4.79 Å². The van der Waals surface area contributed by atoms with Crippen LogP contribution in [0, 0.1) is 0 Å². The van der Waals surface area contributed by atoms with Crippen LogP contribution in [0.3, 0.4) is 0 Å². The molecule has 0 spiro atoms. The van der Waals surface area contributed by atoms with E-state index in [1.165, 1.54) is 5.56 Å². The molecule has 1 aromatic heterocycles. The number of fused-ring (bicyclic) bond motifs is 1. The Morgan fingerprint density at radius 1 is 1.29 bits per heavy atom. The fraction of sp³-hybridized carbons (Fsp3) is 0.154. The van der Waals surface area contributed by atoms with Gasteiger partial charge in [-0.2, -0.15) is 0 Å². The molecule has 1 aromatic carbocycles. The molecule has 1 aliphatic rings. The van der Waals surface area contributed by atoms with Crippen LogP contribution in [0.4, 0.5) is 11.5 Å². The maximum atomic E-state index is 10.7. The van der Waals surface area contributed by atoms with Crippen molar-refractivity contribution in [1.29, 1.82) is 0 Å². The summed E-state index contributed by atoms with van der Waals surface area (Å²) in [7, 11) is 0. The molecule has 0 amide bonds. The highest BCUT2D eigenvalue weighted by molar-refractivity contribution is 5.78. The van der Waals surface area contributed by atoms with E-state index in [-0.39, 0.29) is 0 Å². The molecule has 0 aliphatic carbocycles. The molecule has 84 valence electrons. The van der Waals surface area contributed by atoms with E-state index in [9.17, 15) is 4.79 Å². The summed E-state index contributed by atoms with van der Waals surface area (Å²) in [6.45, 7) is 0.885. The zero-order chi connectivity index (χ0) is 11.7. The van der Waals surface area contributed by atoms with Crippen LogP contribution in [0.2, 0.25) is 0 Å². The van der Waals surface area contributed by atoms with Crippen molar-refractivity contribution in [2.45, 2.75) is 6.42 Å². The van der Waals surface area contributed by atoms with Gasteiger partial charge in [0.25, 0.3) is 0 Å². The largest absolute Gasteiger partial charge is 0.325 e. The van der Waals surface area contributed by atoms with E-state index in [4.69, 9.17) is 0 Å². The Morgan fingerprint density at radius 3 is 3.00 bits per heavy atom. The van der Waals surface area contributed by atoms with Gasteiger partial charge in [-0.3, -0.25) is 9.78 Å². The lowest BCUT2D eigenvalue weighted by Crippen LogP contribution is -2.14. The molecule has 0 saturated carbocycles. The monoisotopic (exact) mass is 225 g/mol. The van der Waals surface area contributed by atoms with Crippen molar-refractivity contribution in [1.82, 2.24) is 9.97 Å². The molecule has 4 heteroatoms. The van der Waals surface area contributed by atoms with Crippen LogP contribution in [-0.4, -0.2) is 22.8 Å². The number of aromatic nitrogens is 2. The third-order valence-corrected chi connectivity index (χ3v) is 2.96. The smallest absolute Gasteiger partial charge is 0.151 e. The summed E-state index contributed by atoms with van der Waals surface area (Å²) in [5.41, 5.74) is 3.04. The molecule has 0 fully saturated rings. The maximum absolute atomic E-state index is 10.7. The molecule has 0 N–H and O–H groups in total. The Bertz CT molecular complexity index is 554. The van der Waals surface area contributed by atoms with E-state index in [1.807, 2.05) is 18.2 Å². The van der Waals surface area contributed by atoms with Gasteiger partial charge in [0.2, 0.25) is 0 Å². The van der Waals surface area contributed by atoms with E-state index in [0.29, 0.717) is 0 Å². The zero-order valence-corrected chi connectivity index (χ0v) is 9.21. The first kappa shape index (κ1) is 9.96. The number of carbonyl (C=O) groups excluding carboxylic acids is 1. The predicted octanol–water partition coefficient (Wildman–Crippen LogP) is 1.98. The van der Waals surface area contributed by atoms with Gasteiger partial charge >= 0.3 is 0 Å². The van der Waals surface area contributed by atoms with Crippen molar-refractivity contribution in [3.8, 4) is 0 Å². The van der Waals surface area contributed by atoms with Crippen LogP contribution in [0.25, 0.3) is 0 Å². The van der Waals surface area contributed by atoms with Crippen molar-refractivity contribution in [3.05, 3.63) is 47.9 Å². The van der Waals surface area contributed by atoms with Gasteiger partial charge in [0.15, 0.2) is 5.82 Å². The topological polar surface area (TPSA) is 46.1 Å². The second-order valence-corrected chi connectivity index (χ2v) is 3.97. The summed E-state index contributed by atoms with van der Waals surface area (Å²) in [5.74, 6) is 0.852. The summed E-state index contributed by atoms with van der Waals surface area (Å²) in [5, 5.41) is 0. The Balaban J connectivity index is 2.02. The number of anilines is 2. The quantitative estimate of drug-likeness (QED) is 0.733. The summed E-state index contributed by atoms with van der Waals surface area (Å²) in [6, 6.07) is 5.75. The highest BCUT2D eigenvalue weighted by atomic mass is 16.1. The van der Waals surface area contributed by atoms with Gasteiger partial charge in [-0.15, -0.1) is 0 Å². The minimum atomic E-state index is 0.727. The number of rotatable bonds is 2. The lowest BCUT2D eigenvalue weighted by Gasteiger charge is -2.17. The van der Waals surface area contributed by atoms with Crippen molar-refractivity contribution >= 4 is 17.8 Å². The standard InChI is InChI=1S/C13H11N3O/c17-9-10-1-2-12-11(7-10)3-6-16(12)13-8-14-4-5-15-13/h1-2,4-5,7-9H,3,6H2.